The van der Waals surface area contributed by atoms with E-state index in [1.54, 1.807) is 0 Å². The van der Waals surface area contributed by atoms with Crippen LogP contribution in [-0.4, -0.2) is 42.4 Å². The molecule has 0 spiro atoms. The van der Waals surface area contributed by atoms with E-state index in [0.717, 1.165) is 11.1 Å². The number of aromatic amines is 1. The average molecular weight is 276 g/mol. The van der Waals surface area contributed by atoms with E-state index in [-0.39, 0.29) is 12.5 Å². The number of carbonyl (C=O) groups is 1. The molecule has 0 aliphatic rings. The van der Waals surface area contributed by atoms with Crippen LogP contribution in [0.3, 0.4) is 0 Å². The molecule has 20 heavy (non-hydrogen) atoms. The summed E-state index contributed by atoms with van der Waals surface area (Å²) in [6.07, 6.45) is 3.14. The summed E-state index contributed by atoms with van der Waals surface area (Å²) in [7, 11) is 0. The van der Waals surface area contributed by atoms with Crippen molar-refractivity contribution >= 4 is 16.8 Å². The van der Waals surface area contributed by atoms with Crippen molar-refractivity contribution in [2.24, 2.45) is 0 Å². The van der Waals surface area contributed by atoms with Crippen LogP contribution in [0.2, 0.25) is 0 Å². The largest absolute Gasteiger partial charge is 0.394 e. The number of aliphatic hydroxyl groups excluding tert-OH is 1. The monoisotopic (exact) mass is 276 g/mol. The normalized spacial score (nSPS) is 10.8. The SMILES string of the molecule is O=C(CCc1c[nH]c2ccccc12)NCCOCCO. The Balaban J connectivity index is 1.73. The Morgan fingerprint density at radius 2 is 2.15 bits per heavy atom. The molecule has 0 radical (unpaired) electrons. The second kappa shape index (κ2) is 7.67. The van der Waals surface area contributed by atoms with Gasteiger partial charge < -0.3 is 20.1 Å². The van der Waals surface area contributed by atoms with Crippen LogP contribution in [0.4, 0.5) is 0 Å². The zero-order valence-electron chi connectivity index (χ0n) is 11.4. The number of ether oxygens (including phenoxy) is 1. The van der Waals surface area contributed by atoms with Crippen LogP contribution in [0, 0.1) is 0 Å². The maximum Gasteiger partial charge on any atom is 0.220 e. The van der Waals surface area contributed by atoms with Gasteiger partial charge in [-0.3, -0.25) is 4.79 Å². The van der Waals surface area contributed by atoms with Gasteiger partial charge in [-0.15, -0.1) is 0 Å². The average Bonchev–Trinajstić information content (AvgIpc) is 2.88. The molecule has 5 heteroatoms. The molecule has 108 valence electrons. The van der Waals surface area contributed by atoms with Gasteiger partial charge in [0.1, 0.15) is 0 Å². The lowest BCUT2D eigenvalue weighted by Gasteiger charge is -2.05. The second-order valence-corrected chi connectivity index (χ2v) is 4.55. The number of H-pyrrole nitrogens is 1. The zero-order chi connectivity index (χ0) is 14.2. The summed E-state index contributed by atoms with van der Waals surface area (Å²) in [6, 6.07) is 8.07. The first kappa shape index (κ1) is 14.6. The number of aryl methyl sites for hydroxylation is 1. The predicted molar refractivity (Wildman–Crippen MR) is 77.5 cm³/mol. The number of para-hydroxylation sites is 1. The molecule has 0 fully saturated rings. The maximum absolute atomic E-state index is 11.7. The Kier molecular flexibility index (Phi) is 5.58. The molecule has 1 heterocycles. The molecule has 2 aromatic rings. The van der Waals surface area contributed by atoms with Gasteiger partial charge in [0.15, 0.2) is 0 Å². The quantitative estimate of drug-likeness (QED) is 0.635. The first-order valence-electron chi connectivity index (χ1n) is 6.81. The first-order chi connectivity index (χ1) is 9.81. The highest BCUT2D eigenvalue weighted by atomic mass is 16.5. The van der Waals surface area contributed by atoms with Gasteiger partial charge in [-0.05, 0) is 18.1 Å². The predicted octanol–water partition coefficient (Wildman–Crippen LogP) is 1.23. The molecule has 0 aliphatic heterocycles. The highest BCUT2D eigenvalue weighted by Gasteiger charge is 2.06. The van der Waals surface area contributed by atoms with Gasteiger partial charge in [0, 0.05) is 30.1 Å². The van der Waals surface area contributed by atoms with E-state index in [9.17, 15) is 4.79 Å². The minimum atomic E-state index is 0.00844. The third-order valence-electron chi connectivity index (χ3n) is 3.10. The minimum absolute atomic E-state index is 0.00844. The number of aliphatic hydroxyl groups is 1. The second-order valence-electron chi connectivity index (χ2n) is 4.55. The molecular formula is C15H20N2O3. The number of carbonyl (C=O) groups excluding carboxylic acids is 1. The molecule has 1 aromatic carbocycles. The number of nitrogens with one attached hydrogen (secondary N) is 2. The Bertz CT molecular complexity index is 551. The van der Waals surface area contributed by atoms with E-state index in [1.165, 1.54) is 5.39 Å². The maximum atomic E-state index is 11.7. The van der Waals surface area contributed by atoms with E-state index >= 15 is 0 Å². The molecule has 3 N–H and O–H groups in total. The van der Waals surface area contributed by atoms with Crippen molar-refractivity contribution in [2.45, 2.75) is 12.8 Å². The summed E-state index contributed by atoms with van der Waals surface area (Å²) < 4.78 is 5.07. The summed E-state index contributed by atoms with van der Waals surface area (Å²) in [5.74, 6) is 0.0166. The molecule has 0 unspecified atom stereocenters. The Morgan fingerprint density at radius 3 is 3.00 bits per heavy atom. The molecule has 0 atom stereocenters. The van der Waals surface area contributed by atoms with Crippen molar-refractivity contribution < 1.29 is 14.6 Å². The van der Waals surface area contributed by atoms with Gasteiger partial charge in [-0.2, -0.15) is 0 Å². The molecule has 0 aliphatic carbocycles. The van der Waals surface area contributed by atoms with Gasteiger partial charge >= 0.3 is 0 Å². The third-order valence-corrected chi connectivity index (χ3v) is 3.10. The smallest absolute Gasteiger partial charge is 0.220 e. The molecule has 0 saturated heterocycles. The highest BCUT2D eigenvalue weighted by molar-refractivity contribution is 5.84. The molecule has 1 aromatic heterocycles. The van der Waals surface area contributed by atoms with Crippen molar-refractivity contribution in [3.63, 3.8) is 0 Å². The zero-order valence-corrected chi connectivity index (χ0v) is 11.4. The van der Waals surface area contributed by atoms with Crippen LogP contribution >= 0.6 is 0 Å². The fourth-order valence-corrected chi connectivity index (χ4v) is 2.10. The van der Waals surface area contributed by atoms with E-state index in [1.807, 2.05) is 24.4 Å². The van der Waals surface area contributed by atoms with Crippen molar-refractivity contribution in [3.8, 4) is 0 Å². The van der Waals surface area contributed by atoms with Crippen LogP contribution in [0.1, 0.15) is 12.0 Å². The summed E-state index contributed by atoms with van der Waals surface area (Å²) in [4.78, 5) is 14.9. The number of hydrogen-bond acceptors (Lipinski definition) is 3. The van der Waals surface area contributed by atoms with Crippen molar-refractivity contribution in [3.05, 3.63) is 36.0 Å². The lowest BCUT2D eigenvalue weighted by atomic mass is 10.1. The van der Waals surface area contributed by atoms with Crippen LogP contribution < -0.4 is 5.32 Å². The van der Waals surface area contributed by atoms with Crippen LogP contribution in [0.15, 0.2) is 30.5 Å². The molecule has 0 saturated carbocycles. The molecule has 1 amide bonds. The lowest BCUT2D eigenvalue weighted by molar-refractivity contribution is -0.121. The number of benzene rings is 1. The third kappa shape index (κ3) is 4.08. The van der Waals surface area contributed by atoms with Gasteiger partial charge in [-0.25, -0.2) is 0 Å². The Hall–Kier alpha value is -1.85. The van der Waals surface area contributed by atoms with Crippen molar-refractivity contribution in [2.75, 3.05) is 26.4 Å². The Morgan fingerprint density at radius 1 is 1.30 bits per heavy atom. The molecule has 0 bridgehead atoms. The summed E-state index contributed by atoms with van der Waals surface area (Å²) >= 11 is 0. The van der Waals surface area contributed by atoms with Crippen LogP contribution in [0.25, 0.3) is 10.9 Å². The number of rotatable bonds is 8. The van der Waals surface area contributed by atoms with Gasteiger partial charge in [0.05, 0.1) is 19.8 Å². The topological polar surface area (TPSA) is 74.4 Å². The van der Waals surface area contributed by atoms with E-state index in [0.29, 0.717) is 32.6 Å². The molecular weight excluding hydrogens is 256 g/mol. The van der Waals surface area contributed by atoms with Gasteiger partial charge in [0.25, 0.3) is 0 Å². The summed E-state index contributed by atoms with van der Waals surface area (Å²) in [6.45, 7) is 1.23. The summed E-state index contributed by atoms with van der Waals surface area (Å²) in [5, 5.41) is 12.5. The summed E-state index contributed by atoms with van der Waals surface area (Å²) in [5.41, 5.74) is 2.26. The fourth-order valence-electron chi connectivity index (χ4n) is 2.10. The first-order valence-corrected chi connectivity index (χ1v) is 6.81. The van der Waals surface area contributed by atoms with E-state index in [2.05, 4.69) is 16.4 Å². The number of fused-ring (bicyclic) bond motifs is 1. The van der Waals surface area contributed by atoms with Crippen molar-refractivity contribution in [1.29, 1.82) is 0 Å². The minimum Gasteiger partial charge on any atom is -0.394 e. The van der Waals surface area contributed by atoms with E-state index < -0.39 is 0 Å². The number of aromatic nitrogens is 1. The van der Waals surface area contributed by atoms with Crippen LogP contribution in [0.5, 0.6) is 0 Å². The van der Waals surface area contributed by atoms with Crippen molar-refractivity contribution in [1.82, 2.24) is 10.3 Å². The fraction of sp³-hybridized carbons (Fsp3) is 0.400. The van der Waals surface area contributed by atoms with E-state index in [4.69, 9.17) is 9.84 Å². The number of amides is 1. The standard InChI is InChI=1S/C15H20N2O3/c18-8-10-20-9-7-16-15(19)6-5-12-11-17-14-4-2-1-3-13(12)14/h1-4,11,17-18H,5-10H2,(H,16,19). The molecule has 5 nitrogen and oxygen atoms in total. The van der Waals surface area contributed by atoms with Crippen LogP contribution in [-0.2, 0) is 16.0 Å². The molecule has 2 rings (SSSR count). The van der Waals surface area contributed by atoms with Gasteiger partial charge in [-0.1, -0.05) is 18.2 Å². The van der Waals surface area contributed by atoms with Gasteiger partial charge in [0.2, 0.25) is 5.91 Å². The highest BCUT2D eigenvalue weighted by Crippen LogP contribution is 2.18. The number of hydrogen-bond donors (Lipinski definition) is 3. The lowest BCUT2D eigenvalue weighted by Crippen LogP contribution is -2.27. The Labute approximate surface area is 117 Å².